The topological polar surface area (TPSA) is 70.7 Å². The van der Waals surface area contributed by atoms with Crippen molar-refractivity contribution in [2.45, 2.75) is 0 Å². The van der Waals surface area contributed by atoms with E-state index in [2.05, 4.69) is 20.3 Å². The molecule has 2 heterocycles. The number of aromatic amines is 1. The summed E-state index contributed by atoms with van der Waals surface area (Å²) in [6.45, 7) is 0. The summed E-state index contributed by atoms with van der Waals surface area (Å²) in [7, 11) is 0. The summed E-state index contributed by atoms with van der Waals surface area (Å²) >= 11 is 5.77. The highest BCUT2D eigenvalue weighted by atomic mass is 35.5. The van der Waals surface area contributed by atoms with Crippen LogP contribution in [0.15, 0.2) is 55.1 Å². The Bertz CT molecular complexity index is 754. The minimum Gasteiger partial charge on any atom is -0.345 e. The smallest absolute Gasteiger partial charge is 0.255 e. The normalized spacial score (nSPS) is 10.3. The van der Waals surface area contributed by atoms with Gasteiger partial charge in [-0.2, -0.15) is 0 Å². The number of anilines is 1. The van der Waals surface area contributed by atoms with E-state index in [4.69, 9.17) is 11.6 Å². The average Bonchev–Trinajstić information content (AvgIpc) is 3.02. The third-order valence-electron chi connectivity index (χ3n) is 2.94. The van der Waals surface area contributed by atoms with Crippen LogP contribution in [0.1, 0.15) is 10.4 Å². The number of carbonyl (C=O) groups is 1. The number of nitrogens with one attached hydrogen (secondary N) is 2. The van der Waals surface area contributed by atoms with Crippen LogP contribution < -0.4 is 5.32 Å². The SMILES string of the molecule is O=C(Nc1ccc(-c2cnc[nH]2)cc1)c1ccnc(Cl)c1. The fraction of sp³-hybridized carbons (Fsp3) is 0. The Morgan fingerprint density at radius 2 is 2.00 bits per heavy atom. The molecule has 3 aromatic rings. The first-order valence-electron chi connectivity index (χ1n) is 6.24. The van der Waals surface area contributed by atoms with Crippen LogP contribution in [0.3, 0.4) is 0 Å². The van der Waals surface area contributed by atoms with Gasteiger partial charge >= 0.3 is 0 Å². The number of halogens is 1. The standard InChI is InChI=1S/C15H11ClN4O/c16-14-7-11(5-6-18-14)15(21)20-12-3-1-10(2-4-12)13-8-17-9-19-13/h1-9H,(H,17,19)(H,20,21). The molecule has 0 spiro atoms. The fourth-order valence-corrected chi connectivity index (χ4v) is 2.07. The molecule has 0 fully saturated rings. The number of benzene rings is 1. The van der Waals surface area contributed by atoms with Crippen molar-refractivity contribution in [1.82, 2.24) is 15.0 Å². The van der Waals surface area contributed by atoms with Crippen LogP contribution in [0.4, 0.5) is 5.69 Å². The molecule has 2 aromatic heterocycles. The van der Waals surface area contributed by atoms with Gasteiger partial charge in [-0.3, -0.25) is 4.79 Å². The molecule has 0 radical (unpaired) electrons. The molecular weight excluding hydrogens is 288 g/mol. The Labute approximate surface area is 126 Å². The first kappa shape index (κ1) is 13.3. The van der Waals surface area contributed by atoms with Gasteiger partial charge in [-0.05, 0) is 29.8 Å². The average molecular weight is 299 g/mol. The van der Waals surface area contributed by atoms with Crippen molar-refractivity contribution < 1.29 is 4.79 Å². The van der Waals surface area contributed by atoms with Crippen LogP contribution in [0, 0.1) is 0 Å². The summed E-state index contributed by atoms with van der Waals surface area (Å²) in [5.41, 5.74) is 3.09. The van der Waals surface area contributed by atoms with E-state index in [1.165, 1.54) is 12.3 Å². The molecule has 0 saturated heterocycles. The molecule has 5 nitrogen and oxygen atoms in total. The Kier molecular flexibility index (Phi) is 3.66. The predicted molar refractivity (Wildman–Crippen MR) is 81.2 cm³/mol. The van der Waals surface area contributed by atoms with Gasteiger partial charge in [0, 0.05) is 17.4 Å². The second-order valence-corrected chi connectivity index (χ2v) is 4.75. The number of aromatic nitrogens is 3. The van der Waals surface area contributed by atoms with E-state index in [0.29, 0.717) is 11.3 Å². The summed E-state index contributed by atoms with van der Waals surface area (Å²) in [6.07, 6.45) is 4.86. The minimum absolute atomic E-state index is 0.228. The zero-order chi connectivity index (χ0) is 14.7. The van der Waals surface area contributed by atoms with Gasteiger partial charge in [-0.25, -0.2) is 9.97 Å². The van der Waals surface area contributed by atoms with E-state index in [1.807, 2.05) is 24.3 Å². The van der Waals surface area contributed by atoms with Crippen LogP contribution >= 0.6 is 11.6 Å². The highest BCUT2D eigenvalue weighted by Crippen LogP contribution is 2.19. The van der Waals surface area contributed by atoms with Crippen LogP contribution in [0.2, 0.25) is 5.15 Å². The number of carbonyl (C=O) groups excluding carboxylic acids is 1. The highest BCUT2D eigenvalue weighted by Gasteiger charge is 2.07. The lowest BCUT2D eigenvalue weighted by Gasteiger charge is -2.06. The monoisotopic (exact) mass is 298 g/mol. The quantitative estimate of drug-likeness (QED) is 0.728. The molecule has 6 heteroatoms. The minimum atomic E-state index is -0.228. The number of amides is 1. The van der Waals surface area contributed by atoms with Crippen molar-refractivity contribution in [3.63, 3.8) is 0 Å². The number of imidazole rings is 1. The number of hydrogen-bond donors (Lipinski definition) is 2. The van der Waals surface area contributed by atoms with Crippen LogP contribution in [-0.2, 0) is 0 Å². The van der Waals surface area contributed by atoms with E-state index in [0.717, 1.165) is 11.3 Å². The van der Waals surface area contributed by atoms with E-state index in [-0.39, 0.29) is 11.1 Å². The van der Waals surface area contributed by atoms with Crippen molar-refractivity contribution in [2.24, 2.45) is 0 Å². The summed E-state index contributed by atoms with van der Waals surface area (Å²) in [5.74, 6) is -0.228. The van der Waals surface area contributed by atoms with Gasteiger partial charge < -0.3 is 10.3 Å². The summed E-state index contributed by atoms with van der Waals surface area (Å²) in [5, 5.41) is 3.10. The Morgan fingerprint density at radius 1 is 1.19 bits per heavy atom. The fourth-order valence-electron chi connectivity index (χ4n) is 1.89. The van der Waals surface area contributed by atoms with Crippen LogP contribution in [0.5, 0.6) is 0 Å². The number of rotatable bonds is 3. The van der Waals surface area contributed by atoms with Crippen molar-refractivity contribution >= 4 is 23.2 Å². The van der Waals surface area contributed by atoms with Gasteiger partial charge in [0.15, 0.2) is 0 Å². The van der Waals surface area contributed by atoms with Crippen molar-refractivity contribution in [1.29, 1.82) is 0 Å². The third-order valence-corrected chi connectivity index (χ3v) is 3.15. The van der Waals surface area contributed by atoms with Gasteiger partial charge in [-0.1, -0.05) is 23.7 Å². The maximum Gasteiger partial charge on any atom is 0.255 e. The summed E-state index contributed by atoms with van der Waals surface area (Å²) in [4.78, 5) is 22.9. The second kappa shape index (κ2) is 5.76. The van der Waals surface area contributed by atoms with E-state index in [9.17, 15) is 4.79 Å². The molecule has 21 heavy (non-hydrogen) atoms. The van der Waals surface area contributed by atoms with Crippen LogP contribution in [0.25, 0.3) is 11.3 Å². The molecule has 0 bridgehead atoms. The van der Waals surface area contributed by atoms with E-state index < -0.39 is 0 Å². The maximum absolute atomic E-state index is 12.1. The number of H-pyrrole nitrogens is 1. The first-order chi connectivity index (χ1) is 10.2. The molecule has 0 unspecified atom stereocenters. The van der Waals surface area contributed by atoms with E-state index in [1.54, 1.807) is 18.6 Å². The maximum atomic E-state index is 12.1. The zero-order valence-electron chi connectivity index (χ0n) is 10.9. The first-order valence-corrected chi connectivity index (χ1v) is 6.62. The van der Waals surface area contributed by atoms with Gasteiger partial charge in [0.2, 0.25) is 0 Å². The molecule has 2 N–H and O–H groups in total. The highest BCUT2D eigenvalue weighted by molar-refractivity contribution is 6.29. The second-order valence-electron chi connectivity index (χ2n) is 4.36. The third kappa shape index (κ3) is 3.09. The molecule has 0 saturated carbocycles. The molecule has 0 aliphatic heterocycles. The Hall–Kier alpha value is -2.66. The number of pyridine rings is 1. The Morgan fingerprint density at radius 3 is 2.67 bits per heavy atom. The summed E-state index contributed by atoms with van der Waals surface area (Å²) in [6, 6.07) is 10.6. The van der Waals surface area contributed by atoms with Crippen molar-refractivity contribution in [3.05, 3.63) is 65.8 Å². The zero-order valence-corrected chi connectivity index (χ0v) is 11.6. The van der Waals surface area contributed by atoms with Crippen molar-refractivity contribution in [3.8, 4) is 11.3 Å². The largest absolute Gasteiger partial charge is 0.345 e. The number of hydrogen-bond acceptors (Lipinski definition) is 3. The van der Waals surface area contributed by atoms with E-state index >= 15 is 0 Å². The molecule has 1 amide bonds. The van der Waals surface area contributed by atoms with Gasteiger partial charge in [0.1, 0.15) is 5.15 Å². The molecule has 0 atom stereocenters. The summed E-state index contributed by atoms with van der Waals surface area (Å²) < 4.78 is 0. The van der Waals surface area contributed by atoms with Crippen molar-refractivity contribution in [2.75, 3.05) is 5.32 Å². The predicted octanol–water partition coefficient (Wildman–Crippen LogP) is 3.38. The molecular formula is C15H11ClN4O. The lowest BCUT2D eigenvalue weighted by atomic mass is 10.1. The van der Waals surface area contributed by atoms with Gasteiger partial charge in [-0.15, -0.1) is 0 Å². The molecule has 3 rings (SSSR count). The van der Waals surface area contributed by atoms with Crippen LogP contribution in [-0.4, -0.2) is 20.9 Å². The molecule has 0 aliphatic rings. The van der Waals surface area contributed by atoms with Gasteiger partial charge in [0.25, 0.3) is 5.91 Å². The lowest BCUT2D eigenvalue weighted by Crippen LogP contribution is -2.11. The Balaban J connectivity index is 1.75. The molecule has 104 valence electrons. The lowest BCUT2D eigenvalue weighted by molar-refractivity contribution is 0.102. The molecule has 1 aromatic carbocycles. The van der Waals surface area contributed by atoms with Gasteiger partial charge in [0.05, 0.1) is 18.2 Å². The number of nitrogens with zero attached hydrogens (tertiary/aromatic N) is 2. The molecule has 0 aliphatic carbocycles.